The fourth-order valence-corrected chi connectivity index (χ4v) is 3.03. The van der Waals surface area contributed by atoms with Crippen molar-refractivity contribution in [3.05, 3.63) is 71.8 Å². The van der Waals surface area contributed by atoms with Gasteiger partial charge >= 0.3 is 5.97 Å². The van der Waals surface area contributed by atoms with Gasteiger partial charge in [0.15, 0.2) is 0 Å². The molecule has 0 bridgehead atoms. The normalized spacial score (nSPS) is 21.4. The highest BCUT2D eigenvalue weighted by Crippen LogP contribution is 2.36. The molecule has 4 heteroatoms. The monoisotopic (exact) mass is 323 g/mol. The molecular weight excluding hydrogens is 302 g/mol. The van der Waals surface area contributed by atoms with Gasteiger partial charge in [-0.25, -0.2) is 4.79 Å². The number of ether oxygens (including phenoxy) is 1. The molecule has 0 saturated carbocycles. The second-order valence-corrected chi connectivity index (χ2v) is 6.11. The predicted molar refractivity (Wildman–Crippen MR) is 91.1 cm³/mol. The molecule has 4 nitrogen and oxygen atoms in total. The van der Waals surface area contributed by atoms with Crippen molar-refractivity contribution in [3.8, 4) is 0 Å². The van der Waals surface area contributed by atoms with Gasteiger partial charge in [0.05, 0.1) is 0 Å². The predicted octanol–water partition coefficient (Wildman–Crippen LogP) is 3.80. The van der Waals surface area contributed by atoms with Crippen LogP contribution in [0.25, 0.3) is 0 Å². The Hall–Kier alpha value is -2.62. The van der Waals surface area contributed by atoms with Crippen LogP contribution in [0.2, 0.25) is 0 Å². The van der Waals surface area contributed by atoms with Crippen molar-refractivity contribution >= 4 is 11.9 Å². The summed E-state index contributed by atoms with van der Waals surface area (Å²) < 4.78 is 5.60. The van der Waals surface area contributed by atoms with Crippen LogP contribution in [0, 0.1) is 5.92 Å². The molecule has 0 radical (unpaired) electrons. The molecule has 0 spiro atoms. The molecule has 24 heavy (non-hydrogen) atoms. The zero-order valence-electron chi connectivity index (χ0n) is 13.9. The van der Waals surface area contributed by atoms with Gasteiger partial charge < -0.3 is 4.74 Å². The quantitative estimate of drug-likeness (QED) is 0.804. The summed E-state index contributed by atoms with van der Waals surface area (Å²) in [7, 11) is 0. The standard InChI is InChI=1S/C20H21NO3/c1-3-14(2)17-20(23)24-19(16-12-8-5-9-13-16)21(17)18(22)15-10-6-4-7-11-15/h4-14,17,19H,3H2,1-2H3. The van der Waals surface area contributed by atoms with Gasteiger partial charge in [-0.2, -0.15) is 0 Å². The third kappa shape index (κ3) is 2.92. The van der Waals surface area contributed by atoms with E-state index >= 15 is 0 Å². The molecule has 2 aromatic carbocycles. The molecular formula is C20H21NO3. The van der Waals surface area contributed by atoms with Crippen molar-refractivity contribution in [1.29, 1.82) is 0 Å². The first-order valence-electron chi connectivity index (χ1n) is 8.26. The van der Waals surface area contributed by atoms with Crippen molar-refractivity contribution in [3.63, 3.8) is 0 Å². The zero-order valence-corrected chi connectivity index (χ0v) is 13.9. The molecule has 1 amide bonds. The molecule has 1 aliphatic heterocycles. The molecule has 3 unspecified atom stereocenters. The van der Waals surface area contributed by atoms with Crippen molar-refractivity contribution in [2.24, 2.45) is 5.92 Å². The maximum Gasteiger partial charge on any atom is 0.331 e. The summed E-state index contributed by atoms with van der Waals surface area (Å²) in [5.41, 5.74) is 1.37. The van der Waals surface area contributed by atoms with Gasteiger partial charge in [0.25, 0.3) is 5.91 Å². The summed E-state index contributed by atoms with van der Waals surface area (Å²) in [5, 5.41) is 0. The molecule has 0 aromatic heterocycles. The molecule has 2 aromatic rings. The van der Waals surface area contributed by atoms with Gasteiger partial charge in [0.2, 0.25) is 6.23 Å². The van der Waals surface area contributed by atoms with Crippen LogP contribution < -0.4 is 0 Å². The maximum absolute atomic E-state index is 13.1. The van der Waals surface area contributed by atoms with E-state index in [9.17, 15) is 9.59 Å². The van der Waals surface area contributed by atoms with Gasteiger partial charge in [0, 0.05) is 11.1 Å². The molecule has 1 heterocycles. The Morgan fingerprint density at radius 3 is 2.25 bits per heavy atom. The highest BCUT2D eigenvalue weighted by atomic mass is 16.6. The van der Waals surface area contributed by atoms with Crippen molar-refractivity contribution in [2.45, 2.75) is 32.5 Å². The Balaban J connectivity index is 2.03. The second kappa shape index (κ2) is 6.87. The summed E-state index contributed by atoms with van der Waals surface area (Å²) in [6, 6.07) is 17.9. The van der Waals surface area contributed by atoms with Crippen LogP contribution >= 0.6 is 0 Å². The van der Waals surface area contributed by atoms with E-state index in [0.717, 1.165) is 12.0 Å². The number of esters is 1. The van der Waals surface area contributed by atoms with Gasteiger partial charge in [0.1, 0.15) is 6.04 Å². The smallest absolute Gasteiger partial charge is 0.331 e. The van der Waals surface area contributed by atoms with Gasteiger partial charge in [-0.3, -0.25) is 9.69 Å². The van der Waals surface area contributed by atoms with E-state index in [1.165, 1.54) is 0 Å². The van der Waals surface area contributed by atoms with E-state index in [-0.39, 0.29) is 17.8 Å². The summed E-state index contributed by atoms with van der Waals surface area (Å²) >= 11 is 0. The minimum Gasteiger partial charge on any atom is -0.435 e. The van der Waals surface area contributed by atoms with Crippen LogP contribution in [-0.4, -0.2) is 22.8 Å². The molecule has 0 aliphatic carbocycles. The van der Waals surface area contributed by atoms with Gasteiger partial charge in [-0.05, 0) is 18.1 Å². The number of amides is 1. The van der Waals surface area contributed by atoms with E-state index in [1.54, 1.807) is 17.0 Å². The fourth-order valence-electron chi connectivity index (χ4n) is 3.03. The van der Waals surface area contributed by atoms with Crippen LogP contribution in [0.5, 0.6) is 0 Å². The first-order chi connectivity index (χ1) is 11.6. The number of hydrogen-bond donors (Lipinski definition) is 0. The summed E-state index contributed by atoms with van der Waals surface area (Å²) in [6.07, 6.45) is 0.116. The molecule has 3 rings (SSSR count). The number of rotatable bonds is 4. The van der Waals surface area contributed by atoms with E-state index in [1.807, 2.05) is 62.4 Å². The molecule has 1 aliphatic rings. The highest BCUT2D eigenvalue weighted by Gasteiger charge is 2.47. The summed E-state index contributed by atoms with van der Waals surface area (Å²) in [6.45, 7) is 3.99. The number of carbonyl (C=O) groups excluding carboxylic acids is 2. The van der Waals surface area contributed by atoms with Gasteiger partial charge in [-0.15, -0.1) is 0 Å². The lowest BCUT2D eigenvalue weighted by atomic mass is 9.97. The average Bonchev–Trinajstić information content (AvgIpc) is 2.99. The first-order valence-corrected chi connectivity index (χ1v) is 8.26. The molecule has 0 N–H and O–H groups in total. The lowest BCUT2D eigenvalue weighted by molar-refractivity contribution is -0.143. The number of cyclic esters (lactones) is 1. The average molecular weight is 323 g/mol. The van der Waals surface area contributed by atoms with Crippen LogP contribution in [0.15, 0.2) is 60.7 Å². The summed E-state index contributed by atoms with van der Waals surface area (Å²) in [5.74, 6) is -0.484. The van der Waals surface area contributed by atoms with E-state index in [4.69, 9.17) is 4.74 Å². The van der Waals surface area contributed by atoms with Crippen molar-refractivity contribution in [1.82, 2.24) is 4.90 Å². The highest BCUT2D eigenvalue weighted by molar-refractivity contribution is 5.98. The Morgan fingerprint density at radius 2 is 1.67 bits per heavy atom. The lowest BCUT2D eigenvalue weighted by Crippen LogP contribution is -2.43. The summed E-state index contributed by atoms with van der Waals surface area (Å²) in [4.78, 5) is 27.2. The van der Waals surface area contributed by atoms with E-state index in [0.29, 0.717) is 5.56 Å². The number of benzene rings is 2. The molecule has 1 saturated heterocycles. The van der Waals surface area contributed by atoms with Crippen molar-refractivity contribution < 1.29 is 14.3 Å². The van der Waals surface area contributed by atoms with Crippen molar-refractivity contribution in [2.75, 3.05) is 0 Å². The second-order valence-electron chi connectivity index (χ2n) is 6.11. The van der Waals surface area contributed by atoms with E-state index < -0.39 is 12.3 Å². The Morgan fingerprint density at radius 1 is 1.08 bits per heavy atom. The Kier molecular flexibility index (Phi) is 4.65. The SMILES string of the molecule is CCC(C)C1C(=O)OC(c2ccccc2)N1C(=O)c1ccccc1. The Bertz CT molecular complexity index is 714. The minimum atomic E-state index is -0.676. The molecule has 1 fully saturated rings. The number of nitrogens with zero attached hydrogens (tertiary/aromatic N) is 1. The van der Waals surface area contributed by atoms with Crippen LogP contribution in [0.1, 0.15) is 42.4 Å². The van der Waals surface area contributed by atoms with Crippen LogP contribution in [0.4, 0.5) is 0 Å². The fraction of sp³-hybridized carbons (Fsp3) is 0.300. The lowest BCUT2D eigenvalue weighted by Gasteiger charge is -2.29. The number of carbonyl (C=O) groups is 2. The zero-order chi connectivity index (χ0) is 17.1. The van der Waals surface area contributed by atoms with Crippen LogP contribution in [-0.2, 0) is 9.53 Å². The third-order valence-corrected chi connectivity index (χ3v) is 4.54. The molecule has 124 valence electrons. The first kappa shape index (κ1) is 16.2. The number of hydrogen-bond acceptors (Lipinski definition) is 3. The minimum absolute atomic E-state index is 0.0267. The topological polar surface area (TPSA) is 46.6 Å². The van der Waals surface area contributed by atoms with Gasteiger partial charge in [-0.1, -0.05) is 68.8 Å². The maximum atomic E-state index is 13.1. The third-order valence-electron chi connectivity index (χ3n) is 4.54. The Labute approximate surface area is 142 Å². The molecule has 3 atom stereocenters. The van der Waals surface area contributed by atoms with Crippen LogP contribution in [0.3, 0.4) is 0 Å². The van der Waals surface area contributed by atoms with E-state index in [2.05, 4.69) is 0 Å². The largest absolute Gasteiger partial charge is 0.435 e.